The van der Waals surface area contributed by atoms with Crippen molar-refractivity contribution in [2.75, 3.05) is 34.4 Å². The number of likely N-dealkylation sites (N-methyl/N-ethyl adjacent to an activating group) is 1. The first-order valence-corrected chi connectivity index (χ1v) is 8.35. The molecule has 2 fully saturated rings. The molecule has 1 heterocycles. The Kier molecular flexibility index (Phi) is 4.76. The first kappa shape index (κ1) is 16.1. The zero-order chi connectivity index (χ0) is 16.4. The monoisotopic (exact) mass is 318 g/mol. The highest BCUT2D eigenvalue weighted by Gasteiger charge is 2.33. The van der Waals surface area contributed by atoms with Crippen molar-refractivity contribution in [3.8, 4) is 11.5 Å². The van der Waals surface area contributed by atoms with E-state index < -0.39 is 0 Å². The average molecular weight is 318 g/mol. The van der Waals surface area contributed by atoms with Crippen molar-refractivity contribution in [3.63, 3.8) is 0 Å². The van der Waals surface area contributed by atoms with Gasteiger partial charge < -0.3 is 14.4 Å². The van der Waals surface area contributed by atoms with Crippen molar-refractivity contribution in [2.45, 2.75) is 37.8 Å². The molecule has 0 spiro atoms. The lowest BCUT2D eigenvalue weighted by molar-refractivity contribution is -0.131. The van der Waals surface area contributed by atoms with Crippen LogP contribution in [0.4, 0.5) is 0 Å². The van der Waals surface area contributed by atoms with Gasteiger partial charge in [0.05, 0.1) is 20.8 Å². The second-order valence-corrected chi connectivity index (χ2v) is 6.48. The Morgan fingerprint density at radius 1 is 1.22 bits per heavy atom. The van der Waals surface area contributed by atoms with Crippen molar-refractivity contribution < 1.29 is 14.3 Å². The third kappa shape index (κ3) is 3.44. The van der Waals surface area contributed by atoms with E-state index in [1.165, 1.54) is 5.56 Å². The smallest absolute Gasteiger partial charge is 0.236 e. The molecule has 0 aromatic heterocycles. The van der Waals surface area contributed by atoms with E-state index in [0.717, 1.165) is 43.7 Å². The zero-order valence-electron chi connectivity index (χ0n) is 14.2. The Morgan fingerprint density at radius 3 is 2.61 bits per heavy atom. The van der Waals surface area contributed by atoms with E-state index in [1.54, 1.807) is 14.2 Å². The van der Waals surface area contributed by atoms with Gasteiger partial charge in [-0.3, -0.25) is 9.69 Å². The van der Waals surface area contributed by atoms with E-state index in [9.17, 15) is 4.79 Å². The summed E-state index contributed by atoms with van der Waals surface area (Å²) in [6.07, 6.45) is 4.51. The van der Waals surface area contributed by atoms with Gasteiger partial charge in [0.25, 0.3) is 0 Å². The van der Waals surface area contributed by atoms with Crippen LogP contribution in [0, 0.1) is 0 Å². The number of hydrogen-bond donors (Lipinski definition) is 0. The maximum atomic E-state index is 12.4. The van der Waals surface area contributed by atoms with E-state index in [2.05, 4.69) is 11.0 Å². The van der Waals surface area contributed by atoms with Gasteiger partial charge in [-0.2, -0.15) is 0 Å². The van der Waals surface area contributed by atoms with E-state index >= 15 is 0 Å². The van der Waals surface area contributed by atoms with Crippen LogP contribution >= 0.6 is 0 Å². The van der Waals surface area contributed by atoms with Crippen LogP contribution in [0.15, 0.2) is 18.2 Å². The zero-order valence-corrected chi connectivity index (χ0v) is 14.2. The Morgan fingerprint density at radius 2 is 1.96 bits per heavy atom. The summed E-state index contributed by atoms with van der Waals surface area (Å²) in [5.41, 5.74) is 1.20. The molecule has 5 heteroatoms. The van der Waals surface area contributed by atoms with E-state index in [4.69, 9.17) is 9.47 Å². The molecule has 1 aliphatic carbocycles. The third-order valence-electron chi connectivity index (χ3n) is 4.98. The normalized spacial score (nSPS) is 21.3. The lowest BCUT2D eigenvalue weighted by atomic mass is 10.0. The Hall–Kier alpha value is -1.75. The average Bonchev–Trinajstić information content (AvgIpc) is 3.33. The molecular weight excluding hydrogens is 292 g/mol. The lowest BCUT2D eigenvalue weighted by Gasteiger charge is -2.27. The summed E-state index contributed by atoms with van der Waals surface area (Å²) in [5.74, 6) is 1.73. The van der Waals surface area contributed by atoms with E-state index in [0.29, 0.717) is 12.6 Å². The molecule has 1 saturated carbocycles. The molecule has 1 aromatic carbocycles. The highest BCUT2D eigenvalue weighted by Crippen LogP contribution is 2.37. The largest absolute Gasteiger partial charge is 0.493 e. The molecular formula is C18H26N2O3. The molecule has 1 atom stereocenters. The van der Waals surface area contributed by atoms with Crippen molar-refractivity contribution in [2.24, 2.45) is 0 Å². The van der Waals surface area contributed by atoms with Gasteiger partial charge in [0, 0.05) is 19.1 Å². The summed E-state index contributed by atoms with van der Waals surface area (Å²) in [5, 5.41) is 0. The number of hydrogen-bond acceptors (Lipinski definition) is 4. The molecule has 1 unspecified atom stereocenters. The van der Waals surface area contributed by atoms with Crippen LogP contribution < -0.4 is 9.47 Å². The van der Waals surface area contributed by atoms with Crippen molar-refractivity contribution in [1.82, 2.24) is 9.80 Å². The standard InChI is InChI=1S/C18H26N2O3/c1-19(14-7-8-14)18(21)12-20-10-4-5-15(20)13-6-9-16(22-2)17(11-13)23-3/h6,9,11,14-15H,4-5,7-8,10,12H2,1-3H3. The molecule has 1 aliphatic heterocycles. The van der Waals surface area contributed by atoms with Crippen molar-refractivity contribution in [1.29, 1.82) is 0 Å². The van der Waals surface area contributed by atoms with Crippen molar-refractivity contribution >= 4 is 5.91 Å². The van der Waals surface area contributed by atoms with Gasteiger partial charge in [0.2, 0.25) is 5.91 Å². The van der Waals surface area contributed by atoms with E-state index in [1.807, 2.05) is 24.1 Å². The number of benzene rings is 1. The molecule has 5 nitrogen and oxygen atoms in total. The van der Waals surface area contributed by atoms with Gasteiger partial charge in [0.15, 0.2) is 11.5 Å². The van der Waals surface area contributed by atoms with Crippen LogP contribution in [0.3, 0.4) is 0 Å². The Balaban J connectivity index is 1.72. The van der Waals surface area contributed by atoms with Gasteiger partial charge in [-0.15, -0.1) is 0 Å². The first-order chi connectivity index (χ1) is 11.1. The second-order valence-electron chi connectivity index (χ2n) is 6.48. The minimum absolute atomic E-state index is 0.236. The summed E-state index contributed by atoms with van der Waals surface area (Å²) in [7, 11) is 5.23. The topological polar surface area (TPSA) is 42.0 Å². The molecule has 1 amide bonds. The number of rotatable bonds is 6. The minimum Gasteiger partial charge on any atom is -0.493 e. The third-order valence-corrected chi connectivity index (χ3v) is 4.98. The fourth-order valence-corrected chi connectivity index (χ4v) is 3.40. The maximum Gasteiger partial charge on any atom is 0.236 e. The van der Waals surface area contributed by atoms with Crippen LogP contribution in [0.5, 0.6) is 11.5 Å². The van der Waals surface area contributed by atoms with Gasteiger partial charge in [-0.05, 0) is 49.9 Å². The lowest BCUT2D eigenvalue weighted by Crippen LogP contribution is -2.39. The highest BCUT2D eigenvalue weighted by atomic mass is 16.5. The van der Waals surface area contributed by atoms with Crippen molar-refractivity contribution in [3.05, 3.63) is 23.8 Å². The van der Waals surface area contributed by atoms with Gasteiger partial charge in [-0.25, -0.2) is 0 Å². The molecule has 0 N–H and O–H groups in total. The number of methoxy groups -OCH3 is 2. The Labute approximate surface area is 138 Å². The number of likely N-dealkylation sites (tertiary alicyclic amines) is 1. The number of carbonyl (C=O) groups is 1. The summed E-state index contributed by atoms with van der Waals surface area (Å²) in [4.78, 5) is 16.6. The number of nitrogens with zero attached hydrogens (tertiary/aromatic N) is 2. The molecule has 1 aromatic rings. The molecule has 1 saturated heterocycles. The number of amides is 1. The number of carbonyl (C=O) groups excluding carboxylic acids is 1. The van der Waals surface area contributed by atoms with Gasteiger partial charge in [0.1, 0.15) is 0 Å². The fraction of sp³-hybridized carbons (Fsp3) is 0.611. The summed E-state index contributed by atoms with van der Waals surface area (Å²) in [6.45, 7) is 1.48. The van der Waals surface area contributed by atoms with Gasteiger partial charge >= 0.3 is 0 Å². The maximum absolute atomic E-state index is 12.4. The van der Waals surface area contributed by atoms with E-state index in [-0.39, 0.29) is 11.9 Å². The molecule has 0 radical (unpaired) electrons. The minimum atomic E-state index is 0.236. The number of ether oxygens (including phenoxy) is 2. The van der Waals surface area contributed by atoms with Crippen LogP contribution in [0.25, 0.3) is 0 Å². The summed E-state index contributed by atoms with van der Waals surface area (Å²) < 4.78 is 10.7. The van der Waals surface area contributed by atoms with Crippen LogP contribution in [-0.2, 0) is 4.79 Å². The molecule has 23 heavy (non-hydrogen) atoms. The second kappa shape index (κ2) is 6.79. The predicted molar refractivity (Wildman–Crippen MR) is 88.9 cm³/mol. The summed E-state index contributed by atoms with van der Waals surface area (Å²) in [6, 6.07) is 6.83. The molecule has 0 bridgehead atoms. The molecule has 126 valence electrons. The highest BCUT2D eigenvalue weighted by molar-refractivity contribution is 5.78. The molecule has 3 rings (SSSR count). The fourth-order valence-electron chi connectivity index (χ4n) is 3.40. The van der Waals surface area contributed by atoms with Crippen LogP contribution in [-0.4, -0.2) is 56.1 Å². The van der Waals surface area contributed by atoms with Crippen LogP contribution in [0.1, 0.15) is 37.3 Å². The molecule has 2 aliphatic rings. The predicted octanol–water partition coefficient (Wildman–Crippen LogP) is 2.46. The first-order valence-electron chi connectivity index (χ1n) is 8.35. The Bertz CT molecular complexity index is 571. The summed E-state index contributed by atoms with van der Waals surface area (Å²) >= 11 is 0. The van der Waals surface area contributed by atoms with Crippen LogP contribution in [0.2, 0.25) is 0 Å². The van der Waals surface area contributed by atoms with Gasteiger partial charge in [-0.1, -0.05) is 6.07 Å². The SMILES string of the molecule is COc1ccc(C2CCCN2CC(=O)N(C)C2CC2)cc1OC. The quantitative estimate of drug-likeness (QED) is 0.808.